The molecule has 0 atom stereocenters. The molecule has 0 amide bonds. The van der Waals surface area contributed by atoms with E-state index in [0.717, 1.165) is 15.5 Å². The molecule has 17 heavy (non-hydrogen) atoms. The Labute approximate surface area is 111 Å². The Morgan fingerprint density at radius 1 is 1.18 bits per heavy atom. The van der Waals surface area contributed by atoms with Crippen molar-refractivity contribution in [3.63, 3.8) is 0 Å². The lowest BCUT2D eigenvalue weighted by atomic mass is 10.2. The zero-order valence-electron chi connectivity index (χ0n) is 9.61. The van der Waals surface area contributed by atoms with E-state index in [1.165, 1.54) is 10.5 Å². The van der Waals surface area contributed by atoms with Crippen LogP contribution in [-0.4, -0.2) is 0 Å². The molecular formula is C14H14ClNS. The van der Waals surface area contributed by atoms with E-state index in [0.29, 0.717) is 6.54 Å². The summed E-state index contributed by atoms with van der Waals surface area (Å²) in [5.74, 6) is 0. The van der Waals surface area contributed by atoms with E-state index in [1.807, 2.05) is 12.1 Å². The Morgan fingerprint density at radius 2 is 1.94 bits per heavy atom. The van der Waals surface area contributed by atoms with Crippen LogP contribution < -0.4 is 5.73 Å². The Hall–Kier alpha value is -0.960. The van der Waals surface area contributed by atoms with Crippen LogP contribution in [0.5, 0.6) is 0 Å². The van der Waals surface area contributed by atoms with Crippen LogP contribution in [0.2, 0.25) is 5.02 Å². The van der Waals surface area contributed by atoms with Crippen LogP contribution in [0.4, 0.5) is 0 Å². The number of hydrogen-bond acceptors (Lipinski definition) is 2. The fraction of sp³-hybridized carbons (Fsp3) is 0.143. The third kappa shape index (κ3) is 3.03. The number of hydrogen-bond donors (Lipinski definition) is 1. The molecular weight excluding hydrogens is 250 g/mol. The van der Waals surface area contributed by atoms with Gasteiger partial charge in [-0.05, 0) is 36.8 Å². The first-order chi connectivity index (χ1) is 8.20. The fourth-order valence-electron chi connectivity index (χ4n) is 1.64. The van der Waals surface area contributed by atoms with E-state index in [9.17, 15) is 0 Å². The van der Waals surface area contributed by atoms with Crippen LogP contribution in [0.1, 0.15) is 11.1 Å². The second-order valence-electron chi connectivity index (χ2n) is 3.84. The highest BCUT2D eigenvalue weighted by molar-refractivity contribution is 7.99. The van der Waals surface area contributed by atoms with E-state index < -0.39 is 0 Å². The Morgan fingerprint density at radius 3 is 2.65 bits per heavy atom. The van der Waals surface area contributed by atoms with Crippen molar-refractivity contribution in [1.29, 1.82) is 0 Å². The lowest BCUT2D eigenvalue weighted by Crippen LogP contribution is -1.99. The summed E-state index contributed by atoms with van der Waals surface area (Å²) in [7, 11) is 0. The molecule has 0 aliphatic heterocycles. The van der Waals surface area contributed by atoms with E-state index in [4.69, 9.17) is 17.3 Å². The smallest absolute Gasteiger partial charge is 0.0462 e. The fourth-order valence-corrected chi connectivity index (χ4v) is 3.05. The monoisotopic (exact) mass is 263 g/mol. The second kappa shape index (κ2) is 5.58. The molecule has 0 radical (unpaired) electrons. The van der Waals surface area contributed by atoms with Gasteiger partial charge in [0.25, 0.3) is 0 Å². The van der Waals surface area contributed by atoms with E-state index in [1.54, 1.807) is 11.8 Å². The molecule has 2 rings (SSSR count). The predicted molar refractivity (Wildman–Crippen MR) is 74.6 cm³/mol. The summed E-state index contributed by atoms with van der Waals surface area (Å²) in [6, 6.07) is 14.3. The van der Waals surface area contributed by atoms with Crippen molar-refractivity contribution in [2.24, 2.45) is 5.73 Å². The molecule has 1 nitrogen and oxygen atoms in total. The lowest BCUT2D eigenvalue weighted by molar-refractivity contribution is 1.03. The summed E-state index contributed by atoms with van der Waals surface area (Å²) in [6.45, 7) is 2.56. The molecule has 0 fully saturated rings. The molecule has 0 bridgehead atoms. The van der Waals surface area contributed by atoms with Gasteiger partial charge in [-0.25, -0.2) is 0 Å². The third-order valence-corrected chi connectivity index (χ3v) is 3.94. The minimum Gasteiger partial charge on any atom is -0.326 e. The molecule has 0 saturated heterocycles. The Kier molecular flexibility index (Phi) is 4.11. The SMILES string of the molecule is Cc1cccc(Sc2cccc(Cl)c2CN)c1. The van der Waals surface area contributed by atoms with Crippen molar-refractivity contribution in [3.05, 3.63) is 58.6 Å². The quantitative estimate of drug-likeness (QED) is 0.896. The number of benzene rings is 2. The van der Waals surface area contributed by atoms with Gasteiger partial charge in [-0.2, -0.15) is 0 Å². The molecule has 0 saturated carbocycles. The standard InChI is InChI=1S/C14H14ClNS/c1-10-4-2-5-11(8-10)17-14-7-3-6-13(15)12(14)9-16/h2-8H,9,16H2,1H3. The lowest BCUT2D eigenvalue weighted by Gasteiger charge is -2.09. The number of nitrogens with two attached hydrogens (primary N) is 1. The van der Waals surface area contributed by atoms with Gasteiger partial charge in [0.2, 0.25) is 0 Å². The average Bonchev–Trinajstić information content (AvgIpc) is 2.29. The van der Waals surface area contributed by atoms with E-state index in [-0.39, 0.29) is 0 Å². The van der Waals surface area contributed by atoms with Crippen LogP contribution in [-0.2, 0) is 6.54 Å². The Bertz CT molecular complexity index is 525. The van der Waals surface area contributed by atoms with Crippen molar-refractivity contribution in [3.8, 4) is 0 Å². The zero-order chi connectivity index (χ0) is 12.3. The number of rotatable bonds is 3. The molecule has 0 heterocycles. The summed E-state index contributed by atoms with van der Waals surface area (Å²) < 4.78 is 0. The first-order valence-corrected chi connectivity index (χ1v) is 6.62. The molecule has 2 N–H and O–H groups in total. The van der Waals surface area contributed by atoms with Crippen LogP contribution in [0, 0.1) is 6.92 Å². The van der Waals surface area contributed by atoms with Gasteiger partial charge in [-0.1, -0.05) is 47.1 Å². The molecule has 0 unspecified atom stereocenters. The summed E-state index contributed by atoms with van der Waals surface area (Å²) in [5, 5.41) is 0.741. The van der Waals surface area contributed by atoms with Gasteiger partial charge in [0.1, 0.15) is 0 Å². The molecule has 3 heteroatoms. The number of halogens is 1. The minimum absolute atomic E-state index is 0.466. The van der Waals surface area contributed by atoms with Crippen molar-refractivity contribution in [1.82, 2.24) is 0 Å². The van der Waals surface area contributed by atoms with Gasteiger partial charge in [0, 0.05) is 21.4 Å². The minimum atomic E-state index is 0.466. The molecule has 0 spiro atoms. The zero-order valence-corrected chi connectivity index (χ0v) is 11.2. The van der Waals surface area contributed by atoms with Gasteiger partial charge in [0.15, 0.2) is 0 Å². The van der Waals surface area contributed by atoms with Gasteiger partial charge in [0.05, 0.1) is 0 Å². The summed E-state index contributed by atoms with van der Waals surface area (Å²) >= 11 is 7.84. The molecule has 0 aliphatic rings. The summed E-state index contributed by atoms with van der Waals surface area (Å²) in [6.07, 6.45) is 0. The van der Waals surface area contributed by atoms with Crippen LogP contribution in [0.25, 0.3) is 0 Å². The van der Waals surface area contributed by atoms with Crippen LogP contribution >= 0.6 is 23.4 Å². The second-order valence-corrected chi connectivity index (χ2v) is 5.36. The van der Waals surface area contributed by atoms with Gasteiger partial charge < -0.3 is 5.73 Å². The summed E-state index contributed by atoms with van der Waals surface area (Å²) in [4.78, 5) is 2.34. The van der Waals surface area contributed by atoms with Gasteiger partial charge in [-0.15, -0.1) is 0 Å². The predicted octanol–water partition coefficient (Wildman–Crippen LogP) is 4.26. The van der Waals surface area contributed by atoms with Gasteiger partial charge >= 0.3 is 0 Å². The highest BCUT2D eigenvalue weighted by Gasteiger charge is 2.06. The average molecular weight is 264 g/mol. The van der Waals surface area contributed by atoms with Crippen molar-refractivity contribution in [2.45, 2.75) is 23.3 Å². The largest absolute Gasteiger partial charge is 0.326 e. The third-order valence-electron chi connectivity index (χ3n) is 2.50. The van der Waals surface area contributed by atoms with Crippen LogP contribution in [0.15, 0.2) is 52.3 Å². The van der Waals surface area contributed by atoms with Gasteiger partial charge in [-0.3, -0.25) is 0 Å². The first-order valence-electron chi connectivity index (χ1n) is 5.42. The first kappa shape index (κ1) is 12.5. The summed E-state index contributed by atoms with van der Waals surface area (Å²) in [5.41, 5.74) is 8.01. The van der Waals surface area contributed by atoms with Crippen molar-refractivity contribution >= 4 is 23.4 Å². The van der Waals surface area contributed by atoms with E-state index >= 15 is 0 Å². The van der Waals surface area contributed by atoms with Crippen molar-refractivity contribution in [2.75, 3.05) is 0 Å². The maximum absolute atomic E-state index is 6.13. The highest BCUT2D eigenvalue weighted by Crippen LogP contribution is 2.33. The van der Waals surface area contributed by atoms with Crippen molar-refractivity contribution < 1.29 is 0 Å². The molecule has 0 aliphatic carbocycles. The van der Waals surface area contributed by atoms with E-state index in [2.05, 4.69) is 37.3 Å². The molecule has 88 valence electrons. The normalized spacial score (nSPS) is 10.5. The topological polar surface area (TPSA) is 26.0 Å². The molecule has 2 aromatic rings. The molecule has 2 aromatic carbocycles. The Balaban J connectivity index is 2.33. The number of aryl methyl sites for hydroxylation is 1. The highest BCUT2D eigenvalue weighted by atomic mass is 35.5. The maximum atomic E-state index is 6.13. The maximum Gasteiger partial charge on any atom is 0.0462 e. The van der Waals surface area contributed by atoms with Crippen LogP contribution in [0.3, 0.4) is 0 Å². The molecule has 0 aromatic heterocycles.